The maximum Gasteiger partial charge on any atom is 0.276 e. The van der Waals surface area contributed by atoms with E-state index in [4.69, 9.17) is 4.98 Å². The first-order chi connectivity index (χ1) is 18.9. The summed E-state index contributed by atoms with van der Waals surface area (Å²) in [6.45, 7) is 0.457. The van der Waals surface area contributed by atoms with Crippen LogP contribution in [0.15, 0.2) is 54.7 Å². The minimum atomic E-state index is -2.96. The molecule has 1 N–H and O–H groups in total. The number of sulfone groups is 1. The highest BCUT2D eigenvalue weighted by Crippen LogP contribution is 2.44. The number of benzene rings is 1. The molecule has 0 bridgehead atoms. The predicted molar refractivity (Wildman–Crippen MR) is 150 cm³/mol. The number of hydrogen-bond donors (Lipinski definition) is 1. The Morgan fingerprint density at radius 1 is 1.05 bits per heavy atom. The van der Waals surface area contributed by atoms with Crippen LogP contribution in [0.3, 0.4) is 0 Å². The van der Waals surface area contributed by atoms with Crippen molar-refractivity contribution in [1.29, 1.82) is 0 Å². The van der Waals surface area contributed by atoms with Gasteiger partial charge in [0.1, 0.15) is 5.69 Å². The Balaban J connectivity index is 1.18. The molecule has 1 aliphatic carbocycles. The third-order valence-corrected chi connectivity index (χ3v) is 10.9. The second-order valence-electron chi connectivity index (χ2n) is 10.6. The van der Waals surface area contributed by atoms with Gasteiger partial charge in [-0.05, 0) is 55.0 Å². The van der Waals surface area contributed by atoms with Crippen molar-refractivity contribution < 1.29 is 18.0 Å². The molecule has 4 aromatic rings. The SMILES string of the molecule is O=C(CC1CS(=O)(=O)C1)c1cc2c(s1)-c1ccccc1N(C(=O)c1cccc(-c3cn[nH]c3C3CC3)n1)CC2. The topological polar surface area (TPSA) is 113 Å². The monoisotopic (exact) mass is 558 g/mol. The van der Waals surface area contributed by atoms with Crippen LogP contribution in [-0.2, 0) is 16.3 Å². The summed E-state index contributed by atoms with van der Waals surface area (Å²) in [6.07, 6.45) is 4.92. The van der Waals surface area contributed by atoms with Crippen LogP contribution in [0, 0.1) is 5.92 Å². The van der Waals surface area contributed by atoms with Crippen LogP contribution in [0.1, 0.15) is 56.6 Å². The van der Waals surface area contributed by atoms with Crippen LogP contribution in [0.4, 0.5) is 5.69 Å². The second kappa shape index (κ2) is 9.24. The van der Waals surface area contributed by atoms with Crippen LogP contribution in [0.5, 0.6) is 0 Å². The van der Waals surface area contributed by atoms with Crippen molar-refractivity contribution in [2.24, 2.45) is 5.92 Å². The number of Topliss-reactive ketones (excluding diaryl/α,β-unsaturated/α-hetero) is 1. The Bertz CT molecular complexity index is 1720. The van der Waals surface area contributed by atoms with E-state index in [2.05, 4.69) is 10.2 Å². The van der Waals surface area contributed by atoms with Gasteiger partial charge in [0.25, 0.3) is 5.91 Å². The second-order valence-corrected chi connectivity index (χ2v) is 13.8. The van der Waals surface area contributed by atoms with Crippen LogP contribution >= 0.6 is 11.3 Å². The largest absolute Gasteiger partial charge is 0.306 e. The van der Waals surface area contributed by atoms with E-state index in [0.29, 0.717) is 29.5 Å². The smallest absolute Gasteiger partial charge is 0.276 e. The number of amides is 1. The lowest BCUT2D eigenvalue weighted by molar-refractivity contribution is 0.0966. The van der Waals surface area contributed by atoms with E-state index in [-0.39, 0.29) is 35.5 Å². The fraction of sp³-hybridized carbons (Fsp3) is 0.310. The molecule has 39 heavy (non-hydrogen) atoms. The number of hydrogen-bond acceptors (Lipinski definition) is 7. The molecule has 1 saturated carbocycles. The third kappa shape index (κ3) is 4.51. The zero-order chi connectivity index (χ0) is 26.7. The summed E-state index contributed by atoms with van der Waals surface area (Å²) in [5, 5.41) is 7.33. The quantitative estimate of drug-likeness (QED) is 0.337. The highest BCUT2D eigenvalue weighted by Gasteiger charge is 2.36. The molecule has 0 atom stereocenters. The summed E-state index contributed by atoms with van der Waals surface area (Å²) in [5.74, 6) is 0.417. The Morgan fingerprint density at radius 3 is 2.67 bits per heavy atom. The van der Waals surface area contributed by atoms with E-state index in [1.165, 1.54) is 11.3 Å². The number of ketones is 1. The molecule has 198 valence electrons. The van der Waals surface area contributed by atoms with E-state index in [1.54, 1.807) is 17.2 Å². The number of rotatable bonds is 6. The molecule has 1 saturated heterocycles. The zero-order valence-corrected chi connectivity index (χ0v) is 22.7. The standard InChI is InChI=1S/C29H26N4O4S2/c34-25(12-17-15-39(36,37)16-17)26-13-19-10-11-33(24-7-2-1-4-20(24)28(19)38-26)29(35)23-6-3-5-22(31-23)21-14-30-32-27(21)18-8-9-18/h1-7,13-14,17-18H,8-12,15-16H2,(H,30,32). The molecular formula is C29H26N4O4S2. The molecule has 8 nitrogen and oxygen atoms in total. The van der Waals surface area contributed by atoms with Gasteiger partial charge in [-0.3, -0.25) is 14.7 Å². The highest BCUT2D eigenvalue weighted by molar-refractivity contribution is 7.92. The molecule has 1 aromatic carbocycles. The zero-order valence-electron chi connectivity index (χ0n) is 21.1. The Kier molecular flexibility index (Phi) is 5.78. The van der Waals surface area contributed by atoms with E-state index in [9.17, 15) is 18.0 Å². The normalized spacial score (nSPS) is 18.1. The van der Waals surface area contributed by atoms with E-state index >= 15 is 0 Å². The van der Waals surface area contributed by atoms with Gasteiger partial charge in [0.2, 0.25) is 0 Å². The first-order valence-corrected chi connectivity index (χ1v) is 15.8. The number of aromatic amines is 1. The predicted octanol–water partition coefficient (Wildman–Crippen LogP) is 4.90. The lowest BCUT2D eigenvalue weighted by Gasteiger charge is -2.24. The molecule has 5 heterocycles. The molecule has 1 amide bonds. The van der Waals surface area contributed by atoms with Gasteiger partial charge in [-0.15, -0.1) is 11.3 Å². The summed E-state index contributed by atoms with van der Waals surface area (Å²) in [5.41, 5.74) is 5.88. The minimum absolute atomic E-state index is 0.00999. The molecular weight excluding hydrogens is 532 g/mol. The Hall–Kier alpha value is -3.63. The van der Waals surface area contributed by atoms with Gasteiger partial charge in [0.05, 0.1) is 34.0 Å². The lowest BCUT2D eigenvalue weighted by atomic mass is 10.0. The van der Waals surface area contributed by atoms with Gasteiger partial charge < -0.3 is 4.90 Å². The average Bonchev–Trinajstić information content (AvgIpc) is 3.52. The van der Waals surface area contributed by atoms with Gasteiger partial charge in [0, 0.05) is 40.6 Å². The fourth-order valence-electron chi connectivity index (χ4n) is 5.62. The summed E-state index contributed by atoms with van der Waals surface area (Å²) in [4.78, 5) is 35.0. The number of pyridine rings is 1. The number of carbonyl (C=O) groups is 2. The van der Waals surface area contributed by atoms with Crippen LogP contribution < -0.4 is 4.90 Å². The molecule has 2 fully saturated rings. The molecule has 3 aromatic heterocycles. The first-order valence-electron chi connectivity index (χ1n) is 13.1. The number of aromatic nitrogens is 3. The van der Waals surface area contributed by atoms with Crippen molar-refractivity contribution in [3.8, 4) is 21.7 Å². The minimum Gasteiger partial charge on any atom is -0.306 e. The van der Waals surface area contributed by atoms with E-state index in [1.807, 2.05) is 42.5 Å². The number of anilines is 1. The number of thiophene rings is 1. The van der Waals surface area contributed by atoms with Gasteiger partial charge >= 0.3 is 0 Å². The molecule has 0 unspecified atom stereocenters. The number of carbonyl (C=O) groups excluding carboxylic acids is 2. The van der Waals surface area contributed by atoms with Gasteiger partial charge in [-0.25, -0.2) is 13.4 Å². The molecule has 0 radical (unpaired) electrons. The lowest BCUT2D eigenvalue weighted by Crippen LogP contribution is -2.37. The van der Waals surface area contributed by atoms with Crippen molar-refractivity contribution >= 4 is 38.6 Å². The number of fused-ring (bicyclic) bond motifs is 3. The van der Waals surface area contributed by atoms with Gasteiger partial charge in [-0.1, -0.05) is 24.3 Å². The van der Waals surface area contributed by atoms with Crippen LogP contribution in [0.2, 0.25) is 0 Å². The highest BCUT2D eigenvalue weighted by atomic mass is 32.2. The molecule has 7 rings (SSSR count). The van der Waals surface area contributed by atoms with Crippen molar-refractivity contribution in [2.45, 2.75) is 31.6 Å². The van der Waals surface area contributed by atoms with Gasteiger partial charge in [-0.2, -0.15) is 5.10 Å². The summed E-state index contributed by atoms with van der Waals surface area (Å²) >= 11 is 1.43. The number of nitrogens with one attached hydrogen (secondary N) is 1. The molecule has 2 aliphatic heterocycles. The van der Waals surface area contributed by atoms with Crippen molar-refractivity contribution in [1.82, 2.24) is 15.2 Å². The Labute approximate surface area is 230 Å². The number of nitrogens with zero attached hydrogens (tertiary/aromatic N) is 3. The Morgan fingerprint density at radius 2 is 1.87 bits per heavy atom. The summed E-state index contributed by atoms with van der Waals surface area (Å²) in [7, 11) is -2.96. The fourth-order valence-corrected chi connectivity index (χ4v) is 8.39. The van der Waals surface area contributed by atoms with E-state index < -0.39 is 9.84 Å². The number of H-pyrrole nitrogens is 1. The van der Waals surface area contributed by atoms with Gasteiger partial charge in [0.15, 0.2) is 15.6 Å². The maximum atomic E-state index is 13.9. The average molecular weight is 559 g/mol. The third-order valence-electron chi connectivity index (χ3n) is 7.73. The first kappa shape index (κ1) is 24.4. The van der Waals surface area contributed by atoms with Crippen LogP contribution in [0.25, 0.3) is 21.7 Å². The van der Waals surface area contributed by atoms with Crippen molar-refractivity contribution in [2.75, 3.05) is 23.0 Å². The maximum absolute atomic E-state index is 13.9. The number of para-hydroxylation sites is 1. The molecule has 10 heteroatoms. The molecule has 3 aliphatic rings. The van der Waals surface area contributed by atoms with Crippen LogP contribution in [-0.4, -0.2) is 53.3 Å². The summed E-state index contributed by atoms with van der Waals surface area (Å²) in [6, 6.07) is 15.2. The summed E-state index contributed by atoms with van der Waals surface area (Å²) < 4.78 is 23.0. The van der Waals surface area contributed by atoms with E-state index in [0.717, 1.165) is 51.5 Å². The molecule has 0 spiro atoms. The van der Waals surface area contributed by atoms with Crippen molar-refractivity contribution in [3.05, 3.63) is 76.6 Å². The van der Waals surface area contributed by atoms with Crippen molar-refractivity contribution in [3.63, 3.8) is 0 Å².